The van der Waals surface area contributed by atoms with E-state index in [-0.39, 0.29) is 6.23 Å². The van der Waals surface area contributed by atoms with Crippen molar-refractivity contribution < 1.29 is 4.74 Å². The van der Waals surface area contributed by atoms with E-state index in [2.05, 4.69) is 4.98 Å². The molecule has 3 heterocycles. The molecule has 3 aromatic rings. The Kier molecular flexibility index (Phi) is 4.01. The SMILES string of the molecule is Nc1ccc2c(/C=C/c3ccccn3)nn([C@@H]3CCCCO3)c2c1. The van der Waals surface area contributed by atoms with E-state index >= 15 is 0 Å². The van der Waals surface area contributed by atoms with Gasteiger partial charge in [0.05, 0.1) is 16.9 Å². The molecule has 2 N–H and O–H groups in total. The summed E-state index contributed by atoms with van der Waals surface area (Å²) in [6.45, 7) is 0.785. The Bertz CT molecular complexity index is 864. The molecule has 0 unspecified atom stereocenters. The Labute approximate surface area is 140 Å². The third kappa shape index (κ3) is 2.90. The summed E-state index contributed by atoms with van der Waals surface area (Å²) in [5.74, 6) is 0. The summed E-state index contributed by atoms with van der Waals surface area (Å²) in [5.41, 5.74) is 9.55. The second-order valence-corrected chi connectivity index (χ2v) is 6.02. The van der Waals surface area contributed by atoms with Crippen LogP contribution in [0.3, 0.4) is 0 Å². The minimum Gasteiger partial charge on any atom is -0.399 e. The lowest BCUT2D eigenvalue weighted by Gasteiger charge is -2.23. The average molecular weight is 320 g/mol. The number of anilines is 1. The van der Waals surface area contributed by atoms with E-state index in [0.29, 0.717) is 0 Å². The Morgan fingerprint density at radius 3 is 2.92 bits per heavy atom. The normalized spacial score (nSPS) is 18.4. The highest BCUT2D eigenvalue weighted by Gasteiger charge is 2.20. The van der Waals surface area contributed by atoms with Crippen molar-refractivity contribution in [2.75, 3.05) is 12.3 Å². The van der Waals surface area contributed by atoms with Crippen molar-refractivity contribution in [2.24, 2.45) is 0 Å². The molecule has 1 saturated heterocycles. The van der Waals surface area contributed by atoms with Crippen LogP contribution >= 0.6 is 0 Å². The minimum atomic E-state index is -0.0138. The first kappa shape index (κ1) is 14.9. The van der Waals surface area contributed by atoms with Gasteiger partial charge in [0.2, 0.25) is 0 Å². The van der Waals surface area contributed by atoms with Crippen molar-refractivity contribution in [2.45, 2.75) is 25.5 Å². The molecule has 0 saturated carbocycles. The molecule has 1 aromatic carbocycles. The number of benzene rings is 1. The number of pyridine rings is 1. The van der Waals surface area contributed by atoms with E-state index in [4.69, 9.17) is 15.6 Å². The largest absolute Gasteiger partial charge is 0.399 e. The zero-order valence-electron chi connectivity index (χ0n) is 13.4. The summed E-state index contributed by atoms with van der Waals surface area (Å²) >= 11 is 0. The lowest BCUT2D eigenvalue weighted by atomic mass is 10.1. The monoisotopic (exact) mass is 320 g/mol. The Morgan fingerprint density at radius 1 is 1.17 bits per heavy atom. The van der Waals surface area contributed by atoms with E-state index in [1.807, 2.05) is 53.2 Å². The Morgan fingerprint density at radius 2 is 2.12 bits per heavy atom. The fourth-order valence-corrected chi connectivity index (χ4v) is 3.08. The zero-order valence-corrected chi connectivity index (χ0v) is 13.4. The number of nitrogens with zero attached hydrogens (tertiary/aromatic N) is 3. The van der Waals surface area contributed by atoms with Crippen molar-refractivity contribution in [1.82, 2.24) is 14.8 Å². The van der Waals surface area contributed by atoms with E-state index in [9.17, 15) is 0 Å². The molecule has 1 aliphatic heterocycles. The first-order valence-corrected chi connectivity index (χ1v) is 8.30. The number of aromatic nitrogens is 3. The van der Waals surface area contributed by atoms with Gasteiger partial charge in [-0.2, -0.15) is 5.10 Å². The van der Waals surface area contributed by atoms with Gasteiger partial charge in [-0.1, -0.05) is 6.07 Å². The van der Waals surface area contributed by atoms with Crippen LogP contribution in [0.15, 0.2) is 42.6 Å². The van der Waals surface area contributed by atoms with E-state index in [1.165, 1.54) is 0 Å². The topological polar surface area (TPSA) is 66.0 Å². The second-order valence-electron chi connectivity index (χ2n) is 6.02. The van der Waals surface area contributed by atoms with Gasteiger partial charge < -0.3 is 10.5 Å². The van der Waals surface area contributed by atoms with E-state index < -0.39 is 0 Å². The van der Waals surface area contributed by atoms with E-state index in [1.54, 1.807) is 6.20 Å². The molecule has 0 amide bonds. The van der Waals surface area contributed by atoms with Gasteiger partial charge in [-0.15, -0.1) is 0 Å². The molecular formula is C19H20N4O. The maximum atomic E-state index is 5.99. The molecule has 1 fully saturated rings. The lowest BCUT2D eigenvalue weighted by molar-refractivity contribution is -0.0367. The molecule has 122 valence electrons. The van der Waals surface area contributed by atoms with Crippen molar-refractivity contribution in [3.8, 4) is 0 Å². The van der Waals surface area contributed by atoms with Gasteiger partial charge in [0.15, 0.2) is 6.23 Å². The van der Waals surface area contributed by atoms with Crippen molar-refractivity contribution in [3.63, 3.8) is 0 Å². The maximum Gasteiger partial charge on any atom is 0.150 e. The minimum absolute atomic E-state index is 0.0138. The first-order valence-electron chi connectivity index (χ1n) is 8.30. The van der Waals surface area contributed by atoms with Crippen LogP contribution in [0.4, 0.5) is 5.69 Å². The molecule has 5 heteroatoms. The average Bonchev–Trinajstić information content (AvgIpc) is 2.99. The fourth-order valence-electron chi connectivity index (χ4n) is 3.08. The van der Waals surface area contributed by atoms with Gasteiger partial charge in [0, 0.05) is 23.9 Å². The summed E-state index contributed by atoms with van der Waals surface area (Å²) in [4.78, 5) is 4.32. The Hall–Kier alpha value is -2.66. The van der Waals surface area contributed by atoms with Crippen LogP contribution in [-0.4, -0.2) is 21.4 Å². The first-order chi connectivity index (χ1) is 11.8. The van der Waals surface area contributed by atoms with Gasteiger partial charge in [-0.3, -0.25) is 4.98 Å². The van der Waals surface area contributed by atoms with Crippen molar-refractivity contribution >= 4 is 28.7 Å². The molecule has 24 heavy (non-hydrogen) atoms. The highest BCUT2D eigenvalue weighted by Crippen LogP contribution is 2.30. The molecule has 4 rings (SSSR count). The second kappa shape index (κ2) is 6.45. The molecule has 1 aliphatic rings. The highest BCUT2D eigenvalue weighted by atomic mass is 16.5. The summed E-state index contributed by atoms with van der Waals surface area (Å²) in [5, 5.41) is 5.87. The van der Waals surface area contributed by atoms with Crippen LogP contribution < -0.4 is 5.73 Å². The summed E-state index contributed by atoms with van der Waals surface area (Å²) in [6.07, 6.45) is 9.00. The van der Waals surface area contributed by atoms with Crippen LogP contribution in [-0.2, 0) is 4.74 Å². The predicted octanol–water partition coefficient (Wildman–Crippen LogP) is 3.88. The molecule has 0 spiro atoms. The van der Waals surface area contributed by atoms with Gasteiger partial charge in [0.1, 0.15) is 0 Å². The number of rotatable bonds is 3. The van der Waals surface area contributed by atoms with E-state index in [0.717, 1.165) is 53.8 Å². The van der Waals surface area contributed by atoms with Crippen LogP contribution in [0.1, 0.15) is 36.9 Å². The van der Waals surface area contributed by atoms with Crippen molar-refractivity contribution in [1.29, 1.82) is 0 Å². The third-order valence-corrected chi connectivity index (χ3v) is 4.29. The number of ether oxygens (including phenoxy) is 1. The number of fused-ring (bicyclic) bond motifs is 1. The quantitative estimate of drug-likeness (QED) is 0.744. The molecule has 2 aromatic heterocycles. The standard InChI is InChI=1S/C19H20N4O/c20-14-7-9-16-17(10-8-15-5-1-3-11-21-15)22-23(18(16)13-14)19-6-2-4-12-24-19/h1,3,5,7-11,13,19H,2,4,6,12,20H2/b10-8+/t19-/m0/s1. The van der Waals surface area contributed by atoms with Crippen LogP contribution in [0, 0.1) is 0 Å². The molecular weight excluding hydrogens is 300 g/mol. The molecule has 0 bridgehead atoms. The highest BCUT2D eigenvalue weighted by molar-refractivity contribution is 5.91. The number of hydrogen-bond donors (Lipinski definition) is 1. The Balaban J connectivity index is 1.76. The molecule has 5 nitrogen and oxygen atoms in total. The van der Waals surface area contributed by atoms with Gasteiger partial charge in [-0.25, -0.2) is 4.68 Å². The number of nitrogen functional groups attached to an aromatic ring is 1. The number of hydrogen-bond acceptors (Lipinski definition) is 4. The van der Waals surface area contributed by atoms with Crippen LogP contribution in [0.5, 0.6) is 0 Å². The molecule has 0 radical (unpaired) electrons. The van der Waals surface area contributed by atoms with Gasteiger partial charge in [0.25, 0.3) is 0 Å². The zero-order chi connectivity index (χ0) is 16.4. The molecule has 0 aliphatic carbocycles. The summed E-state index contributed by atoms with van der Waals surface area (Å²) < 4.78 is 7.89. The van der Waals surface area contributed by atoms with Gasteiger partial charge >= 0.3 is 0 Å². The maximum absolute atomic E-state index is 5.99. The van der Waals surface area contributed by atoms with Crippen molar-refractivity contribution in [3.05, 3.63) is 54.0 Å². The fraction of sp³-hybridized carbons (Fsp3) is 0.263. The molecule has 1 atom stereocenters. The summed E-state index contributed by atoms with van der Waals surface area (Å²) in [7, 11) is 0. The number of nitrogens with two attached hydrogens (primary N) is 1. The van der Waals surface area contributed by atoms with Crippen LogP contribution in [0.25, 0.3) is 23.1 Å². The van der Waals surface area contributed by atoms with Gasteiger partial charge in [-0.05, 0) is 61.7 Å². The summed E-state index contributed by atoms with van der Waals surface area (Å²) in [6, 6.07) is 11.8. The lowest BCUT2D eigenvalue weighted by Crippen LogP contribution is -2.19. The predicted molar refractivity (Wildman–Crippen MR) is 96.2 cm³/mol. The smallest absolute Gasteiger partial charge is 0.150 e. The third-order valence-electron chi connectivity index (χ3n) is 4.29. The van der Waals surface area contributed by atoms with Crippen LogP contribution in [0.2, 0.25) is 0 Å².